The van der Waals surface area contributed by atoms with E-state index < -0.39 is 11.9 Å². The molecule has 0 amide bonds. The van der Waals surface area contributed by atoms with Crippen molar-refractivity contribution in [2.24, 2.45) is 5.92 Å². The maximum absolute atomic E-state index is 9.55. The highest BCUT2D eigenvalue weighted by Gasteiger charge is 2.21. The van der Waals surface area contributed by atoms with Crippen LogP contribution in [0.4, 0.5) is 0 Å². The summed E-state index contributed by atoms with van der Waals surface area (Å²) in [7, 11) is 0. The normalized spacial score (nSPS) is 14.4. The van der Waals surface area contributed by atoms with Gasteiger partial charge in [-0.15, -0.1) is 0 Å². The molecule has 1 aliphatic heterocycles. The third-order valence-electron chi connectivity index (χ3n) is 5.21. The molecule has 3 rings (SSSR count). The number of carboxylic acids is 2. The summed E-state index contributed by atoms with van der Waals surface area (Å²) in [6, 6.07) is 20.5. The Kier molecular flexibility index (Phi) is 10.6. The Morgan fingerprint density at radius 1 is 0.969 bits per heavy atom. The van der Waals surface area contributed by atoms with Gasteiger partial charge in [0.1, 0.15) is 0 Å². The van der Waals surface area contributed by atoms with Gasteiger partial charge in [-0.3, -0.25) is 4.90 Å². The van der Waals surface area contributed by atoms with Crippen molar-refractivity contribution < 1.29 is 19.8 Å². The molecule has 1 heterocycles. The van der Waals surface area contributed by atoms with E-state index in [4.69, 9.17) is 10.2 Å². The van der Waals surface area contributed by atoms with Crippen molar-refractivity contribution in [3.63, 3.8) is 0 Å². The molecule has 32 heavy (non-hydrogen) atoms. The van der Waals surface area contributed by atoms with Gasteiger partial charge in [-0.25, -0.2) is 9.59 Å². The maximum atomic E-state index is 9.55. The predicted octanol–water partition coefficient (Wildman–Crippen LogP) is 4.28. The number of piperidine rings is 1. The van der Waals surface area contributed by atoms with E-state index in [1.165, 1.54) is 36.1 Å². The minimum absolute atomic E-state index is 0.558. The molecule has 0 radical (unpaired) electrons. The predicted molar refractivity (Wildman–Crippen MR) is 127 cm³/mol. The fourth-order valence-corrected chi connectivity index (χ4v) is 3.84. The fourth-order valence-electron chi connectivity index (χ4n) is 3.84. The lowest BCUT2D eigenvalue weighted by Gasteiger charge is -2.36. The second-order valence-corrected chi connectivity index (χ2v) is 8.38. The van der Waals surface area contributed by atoms with Crippen molar-refractivity contribution in [1.29, 1.82) is 0 Å². The molecular formula is C26H34N2O4. The van der Waals surface area contributed by atoms with E-state index in [0.29, 0.717) is 24.1 Å². The van der Waals surface area contributed by atoms with Crippen LogP contribution in [-0.2, 0) is 16.1 Å². The lowest BCUT2D eigenvalue weighted by atomic mass is 10.00. The molecule has 0 aliphatic carbocycles. The van der Waals surface area contributed by atoms with Crippen LogP contribution in [0.2, 0.25) is 0 Å². The zero-order chi connectivity index (χ0) is 23.3. The fraction of sp³-hybridized carbons (Fsp3) is 0.385. The quantitative estimate of drug-likeness (QED) is 0.533. The number of rotatable bonds is 8. The maximum Gasteiger partial charge on any atom is 0.328 e. The smallest absolute Gasteiger partial charge is 0.328 e. The molecule has 0 saturated carbocycles. The summed E-state index contributed by atoms with van der Waals surface area (Å²) in [6.45, 7) is 9.21. The van der Waals surface area contributed by atoms with Crippen molar-refractivity contribution in [3.05, 3.63) is 72.3 Å². The first-order valence-corrected chi connectivity index (χ1v) is 11.1. The van der Waals surface area contributed by atoms with E-state index in [2.05, 4.69) is 78.7 Å². The molecule has 1 fully saturated rings. The van der Waals surface area contributed by atoms with Crippen LogP contribution in [0, 0.1) is 5.92 Å². The number of aliphatic carboxylic acids is 2. The summed E-state index contributed by atoms with van der Waals surface area (Å²) in [5, 5.41) is 19.1. The highest BCUT2D eigenvalue weighted by atomic mass is 16.4. The minimum atomic E-state index is -1.26. The van der Waals surface area contributed by atoms with Gasteiger partial charge in [-0.1, -0.05) is 62.4 Å². The molecule has 6 heteroatoms. The van der Waals surface area contributed by atoms with Crippen molar-refractivity contribution in [3.8, 4) is 11.1 Å². The van der Waals surface area contributed by atoms with Crippen LogP contribution in [0.5, 0.6) is 0 Å². The highest BCUT2D eigenvalue weighted by molar-refractivity contribution is 5.89. The van der Waals surface area contributed by atoms with Crippen molar-refractivity contribution in [2.45, 2.75) is 39.3 Å². The topological polar surface area (TPSA) is 89.9 Å². The van der Waals surface area contributed by atoms with Crippen LogP contribution in [0.1, 0.15) is 32.3 Å². The Labute approximate surface area is 190 Å². The minimum Gasteiger partial charge on any atom is -0.478 e. The number of hydrogen-bond acceptors (Lipinski definition) is 4. The monoisotopic (exact) mass is 438 g/mol. The van der Waals surface area contributed by atoms with Gasteiger partial charge in [-0.2, -0.15) is 0 Å². The molecule has 0 atom stereocenters. The number of nitrogens with one attached hydrogen (secondary N) is 1. The number of carbonyl (C=O) groups is 2. The Morgan fingerprint density at radius 2 is 1.56 bits per heavy atom. The van der Waals surface area contributed by atoms with Gasteiger partial charge < -0.3 is 15.5 Å². The molecule has 172 valence electrons. The molecule has 0 spiro atoms. The SMILES string of the molecule is CC(C)CN(Cc1cccc(-c2ccccc2)c1)C1CCNCC1.O=C(O)C=CC(=O)O. The first kappa shape index (κ1) is 25.3. The Balaban J connectivity index is 0.000000390. The van der Waals surface area contributed by atoms with Crippen LogP contribution in [0.15, 0.2) is 66.7 Å². The van der Waals surface area contributed by atoms with Gasteiger partial charge in [0.25, 0.3) is 0 Å². The molecule has 1 aliphatic rings. The summed E-state index contributed by atoms with van der Waals surface area (Å²) >= 11 is 0. The van der Waals surface area contributed by atoms with Crippen LogP contribution < -0.4 is 5.32 Å². The Bertz CT molecular complexity index is 858. The molecule has 2 aromatic rings. The van der Waals surface area contributed by atoms with E-state index in [1.807, 2.05) is 0 Å². The Morgan fingerprint density at radius 3 is 2.12 bits per heavy atom. The van der Waals surface area contributed by atoms with Gasteiger partial charge >= 0.3 is 11.9 Å². The first-order chi connectivity index (χ1) is 15.3. The Hall–Kier alpha value is -2.96. The third-order valence-corrected chi connectivity index (χ3v) is 5.21. The third kappa shape index (κ3) is 9.45. The second kappa shape index (κ2) is 13.5. The second-order valence-electron chi connectivity index (χ2n) is 8.38. The lowest BCUT2D eigenvalue weighted by molar-refractivity contribution is -0.134. The summed E-state index contributed by atoms with van der Waals surface area (Å²) in [5.41, 5.74) is 4.05. The average molecular weight is 439 g/mol. The van der Waals surface area contributed by atoms with Crippen molar-refractivity contribution >= 4 is 11.9 Å². The summed E-state index contributed by atoms with van der Waals surface area (Å²) in [5.74, 6) is -1.81. The molecule has 0 aromatic heterocycles. The van der Waals surface area contributed by atoms with Gasteiger partial charge in [0.15, 0.2) is 0 Å². The summed E-state index contributed by atoms with van der Waals surface area (Å²) < 4.78 is 0. The molecule has 1 saturated heterocycles. The molecule has 0 unspecified atom stereocenters. The van der Waals surface area contributed by atoms with Crippen LogP contribution in [0.25, 0.3) is 11.1 Å². The zero-order valence-corrected chi connectivity index (χ0v) is 18.9. The summed E-state index contributed by atoms with van der Waals surface area (Å²) in [6.07, 6.45) is 3.65. The molecule has 6 nitrogen and oxygen atoms in total. The van der Waals surface area contributed by atoms with E-state index >= 15 is 0 Å². The number of benzene rings is 2. The molecule has 3 N–H and O–H groups in total. The number of nitrogens with zero attached hydrogens (tertiary/aromatic N) is 1. The molecular weight excluding hydrogens is 404 g/mol. The van der Waals surface area contributed by atoms with Gasteiger partial charge in [0.05, 0.1) is 0 Å². The number of carboxylic acid groups (broad SMARTS) is 2. The van der Waals surface area contributed by atoms with Crippen LogP contribution in [0.3, 0.4) is 0 Å². The van der Waals surface area contributed by atoms with E-state index in [1.54, 1.807) is 0 Å². The van der Waals surface area contributed by atoms with Crippen molar-refractivity contribution in [1.82, 2.24) is 10.2 Å². The standard InChI is InChI=1S/C22H30N2.C4H4O4/c1-18(2)16-24(22-11-13-23-14-12-22)17-19-7-6-10-21(15-19)20-8-4-3-5-9-20;5-3(6)1-2-4(7)8/h3-10,15,18,22-23H,11-14,16-17H2,1-2H3;1-2H,(H,5,6)(H,7,8). The summed E-state index contributed by atoms with van der Waals surface area (Å²) in [4.78, 5) is 21.8. The van der Waals surface area contributed by atoms with Crippen LogP contribution in [-0.4, -0.2) is 52.7 Å². The molecule has 2 aromatic carbocycles. The van der Waals surface area contributed by atoms with Gasteiger partial charge in [0.2, 0.25) is 0 Å². The van der Waals surface area contributed by atoms with Gasteiger partial charge in [0, 0.05) is 31.3 Å². The number of hydrogen-bond donors (Lipinski definition) is 3. The highest BCUT2D eigenvalue weighted by Crippen LogP contribution is 2.23. The first-order valence-electron chi connectivity index (χ1n) is 11.1. The van der Waals surface area contributed by atoms with E-state index in [0.717, 1.165) is 19.6 Å². The zero-order valence-electron chi connectivity index (χ0n) is 18.9. The van der Waals surface area contributed by atoms with Crippen molar-refractivity contribution in [2.75, 3.05) is 19.6 Å². The van der Waals surface area contributed by atoms with E-state index in [9.17, 15) is 9.59 Å². The largest absolute Gasteiger partial charge is 0.478 e. The van der Waals surface area contributed by atoms with Crippen LogP contribution >= 0.6 is 0 Å². The molecule has 0 bridgehead atoms. The van der Waals surface area contributed by atoms with E-state index in [-0.39, 0.29) is 0 Å². The average Bonchev–Trinajstić information content (AvgIpc) is 2.79. The lowest BCUT2D eigenvalue weighted by Crippen LogP contribution is -2.44. The van der Waals surface area contributed by atoms with Gasteiger partial charge in [-0.05, 0) is 54.6 Å².